The van der Waals surface area contributed by atoms with Crippen molar-refractivity contribution in [3.05, 3.63) is 106 Å². The molecular weight excluding hydrogens is 375 g/mol. The van der Waals surface area contributed by atoms with Crippen LogP contribution in [0.5, 0.6) is 0 Å². The molecule has 3 aromatic carbocycles. The largest absolute Gasteiger partial charge is 0.336 e. The van der Waals surface area contributed by atoms with Gasteiger partial charge in [0, 0.05) is 31.7 Å². The second-order valence-electron chi connectivity index (χ2n) is 8.00. The highest BCUT2D eigenvalue weighted by Gasteiger charge is 2.29. The molecule has 0 N–H and O–H groups in total. The monoisotopic (exact) mass is 402 g/mol. The topological polar surface area (TPSA) is 23.6 Å². The van der Waals surface area contributed by atoms with Gasteiger partial charge in [0.15, 0.2) is 0 Å². The minimum absolute atomic E-state index is 0.0302. The van der Waals surface area contributed by atoms with Crippen molar-refractivity contribution >= 4 is 5.91 Å². The standard InChI is InChI=1S/C26H27FN2O/c1-19-7-9-21(10-8-19)25(24-6-4-3-5-20(24)2)28-15-17-29(18-16-28)26(30)22-11-13-23(27)14-12-22/h3-14,25H,15-18H2,1-2H3. The third-order valence-corrected chi connectivity index (χ3v) is 5.93. The number of carbonyl (C=O) groups excluding carboxylic acids is 1. The summed E-state index contributed by atoms with van der Waals surface area (Å²) in [6, 6.07) is 23.2. The number of benzene rings is 3. The van der Waals surface area contributed by atoms with Gasteiger partial charge < -0.3 is 4.90 Å². The fourth-order valence-corrected chi connectivity index (χ4v) is 4.19. The lowest BCUT2D eigenvalue weighted by atomic mass is 9.92. The molecule has 0 radical (unpaired) electrons. The third-order valence-electron chi connectivity index (χ3n) is 5.93. The van der Waals surface area contributed by atoms with Crippen molar-refractivity contribution in [1.82, 2.24) is 9.80 Å². The van der Waals surface area contributed by atoms with Crippen molar-refractivity contribution in [2.75, 3.05) is 26.2 Å². The van der Waals surface area contributed by atoms with E-state index in [4.69, 9.17) is 0 Å². The van der Waals surface area contributed by atoms with Crippen LogP contribution in [0.1, 0.15) is 38.7 Å². The van der Waals surface area contributed by atoms with Crippen LogP contribution in [0.15, 0.2) is 72.8 Å². The van der Waals surface area contributed by atoms with Crippen molar-refractivity contribution in [1.29, 1.82) is 0 Å². The molecule has 3 nitrogen and oxygen atoms in total. The normalized spacial score (nSPS) is 15.8. The maximum absolute atomic E-state index is 13.2. The third kappa shape index (κ3) is 4.29. The summed E-state index contributed by atoms with van der Waals surface area (Å²) < 4.78 is 13.2. The molecule has 1 aliphatic heterocycles. The van der Waals surface area contributed by atoms with Crippen LogP contribution in [0, 0.1) is 19.7 Å². The van der Waals surface area contributed by atoms with Gasteiger partial charge in [0.25, 0.3) is 5.91 Å². The van der Waals surface area contributed by atoms with E-state index in [-0.39, 0.29) is 17.8 Å². The highest BCUT2D eigenvalue weighted by Crippen LogP contribution is 2.32. The molecular formula is C26H27FN2O. The van der Waals surface area contributed by atoms with Crippen molar-refractivity contribution in [3.8, 4) is 0 Å². The molecule has 154 valence electrons. The van der Waals surface area contributed by atoms with E-state index >= 15 is 0 Å². The van der Waals surface area contributed by atoms with Crippen LogP contribution in [0.4, 0.5) is 4.39 Å². The number of carbonyl (C=O) groups is 1. The maximum Gasteiger partial charge on any atom is 0.253 e. The summed E-state index contributed by atoms with van der Waals surface area (Å²) in [5.74, 6) is -0.354. The van der Waals surface area contributed by atoms with Gasteiger partial charge in [0.1, 0.15) is 5.82 Å². The number of aryl methyl sites for hydroxylation is 2. The molecule has 0 aromatic heterocycles. The van der Waals surface area contributed by atoms with Crippen LogP contribution >= 0.6 is 0 Å². The minimum atomic E-state index is -0.324. The molecule has 3 aromatic rings. The van der Waals surface area contributed by atoms with Gasteiger partial charge in [0.2, 0.25) is 0 Å². The Morgan fingerprint density at radius 3 is 2.10 bits per heavy atom. The first-order valence-electron chi connectivity index (χ1n) is 10.4. The number of halogens is 1. The number of hydrogen-bond donors (Lipinski definition) is 0. The van der Waals surface area contributed by atoms with E-state index in [2.05, 4.69) is 67.3 Å². The Hall–Kier alpha value is -2.98. The minimum Gasteiger partial charge on any atom is -0.336 e. The summed E-state index contributed by atoms with van der Waals surface area (Å²) >= 11 is 0. The SMILES string of the molecule is Cc1ccc(C(c2ccccc2C)N2CCN(C(=O)c3ccc(F)cc3)CC2)cc1. The van der Waals surface area contributed by atoms with Crippen molar-refractivity contribution < 1.29 is 9.18 Å². The van der Waals surface area contributed by atoms with Crippen molar-refractivity contribution in [3.63, 3.8) is 0 Å². The lowest BCUT2D eigenvalue weighted by molar-refractivity contribution is 0.0597. The summed E-state index contributed by atoms with van der Waals surface area (Å²) in [5, 5.41) is 0. The van der Waals surface area contributed by atoms with Gasteiger partial charge in [-0.15, -0.1) is 0 Å². The van der Waals surface area contributed by atoms with Crippen LogP contribution in [0.25, 0.3) is 0 Å². The highest BCUT2D eigenvalue weighted by molar-refractivity contribution is 5.94. The molecule has 30 heavy (non-hydrogen) atoms. The van der Waals surface area contributed by atoms with Crippen LogP contribution in [0.2, 0.25) is 0 Å². The first-order valence-corrected chi connectivity index (χ1v) is 10.4. The first-order chi connectivity index (χ1) is 14.5. The number of amides is 1. The quantitative estimate of drug-likeness (QED) is 0.614. The fraction of sp³-hybridized carbons (Fsp3) is 0.269. The first kappa shape index (κ1) is 20.3. The lowest BCUT2D eigenvalue weighted by Crippen LogP contribution is -2.50. The Morgan fingerprint density at radius 1 is 0.833 bits per heavy atom. The molecule has 1 fully saturated rings. The van der Waals surface area contributed by atoms with E-state index in [0.717, 1.165) is 13.1 Å². The van der Waals surface area contributed by atoms with Crippen LogP contribution in [-0.2, 0) is 0 Å². The number of nitrogens with zero attached hydrogens (tertiary/aromatic N) is 2. The molecule has 4 heteroatoms. The zero-order valence-electron chi connectivity index (χ0n) is 17.5. The fourth-order valence-electron chi connectivity index (χ4n) is 4.19. The molecule has 1 heterocycles. The summed E-state index contributed by atoms with van der Waals surface area (Å²) in [4.78, 5) is 17.1. The van der Waals surface area contributed by atoms with E-state index in [9.17, 15) is 9.18 Å². The molecule has 0 aliphatic carbocycles. The Bertz CT molecular complexity index is 1010. The number of rotatable bonds is 4. The molecule has 0 saturated carbocycles. The average molecular weight is 403 g/mol. The average Bonchev–Trinajstić information content (AvgIpc) is 2.77. The van der Waals surface area contributed by atoms with E-state index in [1.54, 1.807) is 12.1 Å². The second kappa shape index (κ2) is 8.80. The molecule has 0 spiro atoms. The van der Waals surface area contributed by atoms with E-state index in [1.165, 1.54) is 34.4 Å². The predicted molar refractivity (Wildman–Crippen MR) is 118 cm³/mol. The summed E-state index contributed by atoms with van der Waals surface area (Å²) in [6.45, 7) is 7.16. The molecule has 1 saturated heterocycles. The molecule has 4 rings (SSSR count). The lowest BCUT2D eigenvalue weighted by Gasteiger charge is -2.40. The van der Waals surface area contributed by atoms with Crippen molar-refractivity contribution in [2.24, 2.45) is 0 Å². The smallest absolute Gasteiger partial charge is 0.253 e. The number of piperazine rings is 1. The molecule has 1 aliphatic rings. The summed E-state index contributed by atoms with van der Waals surface area (Å²) in [5.41, 5.74) is 5.64. The zero-order valence-corrected chi connectivity index (χ0v) is 17.5. The predicted octanol–water partition coefficient (Wildman–Crippen LogP) is 4.99. The Kier molecular flexibility index (Phi) is 5.96. The van der Waals surface area contributed by atoms with Crippen LogP contribution < -0.4 is 0 Å². The Balaban J connectivity index is 1.55. The zero-order chi connectivity index (χ0) is 21.1. The Labute approximate surface area is 177 Å². The van der Waals surface area contributed by atoms with Gasteiger partial charge in [-0.3, -0.25) is 9.69 Å². The van der Waals surface area contributed by atoms with E-state index in [1.807, 2.05) is 4.90 Å². The van der Waals surface area contributed by atoms with Gasteiger partial charge in [-0.2, -0.15) is 0 Å². The Morgan fingerprint density at radius 2 is 1.47 bits per heavy atom. The van der Waals surface area contributed by atoms with Crippen LogP contribution in [0.3, 0.4) is 0 Å². The molecule has 1 unspecified atom stereocenters. The van der Waals surface area contributed by atoms with Gasteiger partial charge in [-0.05, 0) is 54.8 Å². The maximum atomic E-state index is 13.2. The van der Waals surface area contributed by atoms with Crippen LogP contribution in [-0.4, -0.2) is 41.9 Å². The summed E-state index contributed by atoms with van der Waals surface area (Å²) in [7, 11) is 0. The van der Waals surface area contributed by atoms with E-state index in [0.29, 0.717) is 18.7 Å². The van der Waals surface area contributed by atoms with Gasteiger partial charge in [-0.1, -0.05) is 54.1 Å². The summed E-state index contributed by atoms with van der Waals surface area (Å²) in [6.07, 6.45) is 0. The van der Waals surface area contributed by atoms with Gasteiger partial charge >= 0.3 is 0 Å². The molecule has 1 amide bonds. The highest BCUT2D eigenvalue weighted by atomic mass is 19.1. The molecule has 0 bridgehead atoms. The molecule has 1 atom stereocenters. The van der Waals surface area contributed by atoms with Gasteiger partial charge in [0.05, 0.1) is 6.04 Å². The van der Waals surface area contributed by atoms with Gasteiger partial charge in [-0.25, -0.2) is 4.39 Å². The second-order valence-corrected chi connectivity index (χ2v) is 8.00. The van der Waals surface area contributed by atoms with Crippen molar-refractivity contribution in [2.45, 2.75) is 19.9 Å². The number of hydrogen-bond acceptors (Lipinski definition) is 2. The van der Waals surface area contributed by atoms with E-state index < -0.39 is 0 Å².